The van der Waals surface area contributed by atoms with Gasteiger partial charge < -0.3 is 5.32 Å². The summed E-state index contributed by atoms with van der Waals surface area (Å²) in [6.45, 7) is 2.53. The lowest BCUT2D eigenvalue weighted by atomic mass is 10.0. The highest BCUT2D eigenvalue weighted by Gasteiger charge is 2.41. The van der Waals surface area contributed by atoms with Crippen LogP contribution in [-0.4, -0.2) is 38.9 Å². The van der Waals surface area contributed by atoms with Gasteiger partial charge in [0.25, 0.3) is 0 Å². The highest BCUT2D eigenvalue weighted by Crippen LogP contribution is 2.32. The fourth-order valence-corrected chi connectivity index (χ4v) is 4.80. The number of rotatable bonds is 3. The van der Waals surface area contributed by atoms with Crippen molar-refractivity contribution in [1.29, 1.82) is 0 Å². The lowest BCUT2D eigenvalue weighted by Crippen LogP contribution is -2.32. The topological polar surface area (TPSA) is 49.4 Å². The zero-order valence-electron chi connectivity index (χ0n) is 11.8. The van der Waals surface area contributed by atoms with Crippen molar-refractivity contribution in [3.8, 4) is 0 Å². The summed E-state index contributed by atoms with van der Waals surface area (Å²) in [7, 11) is -3.58. The minimum Gasteiger partial charge on any atom is -0.316 e. The molecule has 1 N–H and O–H groups in total. The predicted molar refractivity (Wildman–Crippen MR) is 75.5 cm³/mol. The van der Waals surface area contributed by atoms with Crippen molar-refractivity contribution in [1.82, 2.24) is 9.62 Å². The first-order valence-corrected chi connectivity index (χ1v) is 8.71. The molecule has 3 rings (SSSR count). The van der Waals surface area contributed by atoms with Gasteiger partial charge in [-0.05, 0) is 36.6 Å². The van der Waals surface area contributed by atoms with E-state index in [1.165, 1.54) is 16.4 Å². The molecule has 1 aromatic carbocycles. The molecule has 1 aromatic rings. The quantitative estimate of drug-likeness (QED) is 0.915. The Hall–Kier alpha value is -1.12. The molecule has 0 bridgehead atoms. The van der Waals surface area contributed by atoms with Gasteiger partial charge in [-0.1, -0.05) is 18.2 Å². The smallest absolute Gasteiger partial charge is 0.316 e. The zero-order chi connectivity index (χ0) is 16.0. The Balaban J connectivity index is 1.75. The van der Waals surface area contributed by atoms with Crippen LogP contribution in [0.3, 0.4) is 0 Å². The lowest BCUT2D eigenvalue weighted by Gasteiger charge is -2.18. The van der Waals surface area contributed by atoms with Crippen molar-refractivity contribution in [2.75, 3.05) is 26.2 Å². The molecule has 122 valence electrons. The van der Waals surface area contributed by atoms with Crippen molar-refractivity contribution in [3.05, 3.63) is 35.4 Å². The molecule has 2 fully saturated rings. The van der Waals surface area contributed by atoms with E-state index in [9.17, 15) is 21.6 Å². The molecule has 0 saturated carbocycles. The van der Waals surface area contributed by atoms with Gasteiger partial charge in [0.15, 0.2) is 0 Å². The van der Waals surface area contributed by atoms with E-state index in [1.54, 1.807) is 0 Å². The van der Waals surface area contributed by atoms with Crippen molar-refractivity contribution < 1.29 is 21.6 Å². The number of halogens is 3. The Morgan fingerprint density at radius 2 is 1.82 bits per heavy atom. The first kappa shape index (κ1) is 15.8. The number of fused-ring (bicyclic) bond motifs is 1. The minimum atomic E-state index is -4.46. The Bertz CT molecular complexity index is 648. The van der Waals surface area contributed by atoms with E-state index in [4.69, 9.17) is 0 Å². The molecular weight excluding hydrogens is 317 g/mol. The SMILES string of the molecule is O=S(=O)(Cc1cccc(C(F)(F)F)c1)N1C[C@H]2CNC[C@H]2C1. The lowest BCUT2D eigenvalue weighted by molar-refractivity contribution is -0.137. The summed E-state index contributed by atoms with van der Waals surface area (Å²) < 4.78 is 64.3. The molecule has 2 aliphatic heterocycles. The van der Waals surface area contributed by atoms with Crippen molar-refractivity contribution >= 4 is 10.0 Å². The molecule has 2 atom stereocenters. The minimum absolute atomic E-state index is 0.171. The summed E-state index contributed by atoms with van der Waals surface area (Å²) >= 11 is 0. The Kier molecular flexibility index (Phi) is 3.94. The predicted octanol–water partition coefficient (Wildman–Crippen LogP) is 1.69. The van der Waals surface area contributed by atoms with Crippen LogP contribution < -0.4 is 5.32 Å². The van der Waals surface area contributed by atoms with E-state index < -0.39 is 21.8 Å². The third kappa shape index (κ3) is 3.13. The summed E-state index contributed by atoms with van der Waals surface area (Å²) in [5, 5.41) is 3.22. The van der Waals surface area contributed by atoms with Crippen LogP contribution in [0.4, 0.5) is 13.2 Å². The second kappa shape index (κ2) is 5.50. The normalized spacial score (nSPS) is 26.3. The van der Waals surface area contributed by atoms with Crippen LogP contribution in [-0.2, 0) is 22.0 Å². The van der Waals surface area contributed by atoms with Gasteiger partial charge in [-0.15, -0.1) is 0 Å². The fourth-order valence-electron chi connectivity index (χ4n) is 3.18. The van der Waals surface area contributed by atoms with Gasteiger partial charge in [-0.25, -0.2) is 12.7 Å². The van der Waals surface area contributed by atoms with Crippen LogP contribution in [0.25, 0.3) is 0 Å². The molecule has 2 heterocycles. The molecule has 4 nitrogen and oxygen atoms in total. The van der Waals surface area contributed by atoms with Gasteiger partial charge >= 0.3 is 6.18 Å². The Labute approximate surface area is 127 Å². The van der Waals surface area contributed by atoms with Crippen LogP contribution in [0.15, 0.2) is 24.3 Å². The fraction of sp³-hybridized carbons (Fsp3) is 0.571. The monoisotopic (exact) mass is 334 g/mol. The van der Waals surface area contributed by atoms with E-state index in [0.717, 1.165) is 25.2 Å². The second-order valence-electron chi connectivity index (χ2n) is 5.95. The van der Waals surface area contributed by atoms with Crippen molar-refractivity contribution in [3.63, 3.8) is 0 Å². The Morgan fingerprint density at radius 1 is 1.18 bits per heavy atom. The molecular formula is C14H17F3N2O2S. The first-order valence-electron chi connectivity index (χ1n) is 7.10. The third-order valence-electron chi connectivity index (χ3n) is 4.35. The van der Waals surface area contributed by atoms with Gasteiger partial charge in [-0.3, -0.25) is 0 Å². The van der Waals surface area contributed by atoms with Crippen molar-refractivity contribution in [2.24, 2.45) is 11.8 Å². The van der Waals surface area contributed by atoms with Crippen LogP contribution in [0.1, 0.15) is 11.1 Å². The van der Waals surface area contributed by atoms with E-state index in [2.05, 4.69) is 5.32 Å². The average Bonchev–Trinajstić information content (AvgIpc) is 2.98. The third-order valence-corrected chi connectivity index (χ3v) is 6.14. The number of hydrogen-bond acceptors (Lipinski definition) is 3. The molecule has 2 aliphatic rings. The molecule has 0 unspecified atom stereocenters. The zero-order valence-corrected chi connectivity index (χ0v) is 12.6. The maximum atomic E-state index is 12.7. The number of hydrogen-bond donors (Lipinski definition) is 1. The number of alkyl halides is 3. The number of benzene rings is 1. The van der Waals surface area contributed by atoms with Crippen LogP contribution >= 0.6 is 0 Å². The van der Waals surface area contributed by atoms with E-state index in [0.29, 0.717) is 24.9 Å². The van der Waals surface area contributed by atoms with Crippen LogP contribution in [0.2, 0.25) is 0 Å². The van der Waals surface area contributed by atoms with E-state index >= 15 is 0 Å². The van der Waals surface area contributed by atoms with Gasteiger partial charge in [-0.2, -0.15) is 13.2 Å². The average molecular weight is 334 g/mol. The van der Waals surface area contributed by atoms with Gasteiger partial charge in [0.05, 0.1) is 11.3 Å². The van der Waals surface area contributed by atoms with Crippen LogP contribution in [0.5, 0.6) is 0 Å². The number of nitrogens with zero attached hydrogens (tertiary/aromatic N) is 1. The molecule has 22 heavy (non-hydrogen) atoms. The molecule has 2 saturated heterocycles. The highest BCUT2D eigenvalue weighted by molar-refractivity contribution is 7.88. The molecule has 0 spiro atoms. The second-order valence-corrected chi connectivity index (χ2v) is 7.92. The van der Waals surface area contributed by atoms with E-state index in [-0.39, 0.29) is 11.3 Å². The summed E-state index contributed by atoms with van der Waals surface area (Å²) in [4.78, 5) is 0. The van der Waals surface area contributed by atoms with Gasteiger partial charge in [0.2, 0.25) is 10.0 Å². The number of sulfonamides is 1. The summed E-state index contributed by atoms with van der Waals surface area (Å²) in [6, 6.07) is 4.53. The molecule has 0 radical (unpaired) electrons. The van der Waals surface area contributed by atoms with Crippen LogP contribution in [0, 0.1) is 11.8 Å². The van der Waals surface area contributed by atoms with Gasteiger partial charge in [0.1, 0.15) is 0 Å². The summed E-state index contributed by atoms with van der Waals surface area (Å²) in [6.07, 6.45) is -4.46. The van der Waals surface area contributed by atoms with E-state index in [1.807, 2.05) is 0 Å². The summed E-state index contributed by atoms with van der Waals surface area (Å²) in [5.74, 6) is 0.247. The maximum absolute atomic E-state index is 12.7. The molecule has 8 heteroatoms. The summed E-state index contributed by atoms with van der Waals surface area (Å²) in [5.41, 5.74) is -0.646. The maximum Gasteiger partial charge on any atom is 0.416 e. The molecule has 0 aromatic heterocycles. The standard InChI is InChI=1S/C14H17F3N2O2S/c15-14(16,17)13-3-1-2-10(4-13)9-22(20,21)19-7-11-5-18-6-12(11)8-19/h1-4,11-12,18H,5-9H2/t11-,12+. The van der Waals surface area contributed by atoms with Gasteiger partial charge in [0, 0.05) is 13.1 Å². The Morgan fingerprint density at radius 3 is 2.41 bits per heavy atom. The highest BCUT2D eigenvalue weighted by atomic mass is 32.2. The molecule has 0 amide bonds. The largest absolute Gasteiger partial charge is 0.416 e. The molecule has 0 aliphatic carbocycles. The van der Waals surface area contributed by atoms with Crippen molar-refractivity contribution in [2.45, 2.75) is 11.9 Å². The first-order chi connectivity index (χ1) is 10.3. The number of nitrogens with one attached hydrogen (secondary N) is 1.